The summed E-state index contributed by atoms with van der Waals surface area (Å²) in [4.78, 5) is 12.3. The first-order chi connectivity index (χ1) is 11.1. The van der Waals surface area contributed by atoms with Crippen molar-refractivity contribution >= 4 is 22.4 Å². The van der Waals surface area contributed by atoms with E-state index in [2.05, 4.69) is 36.3 Å². The van der Waals surface area contributed by atoms with Crippen LogP contribution in [-0.4, -0.2) is 22.7 Å². The lowest BCUT2D eigenvalue weighted by Gasteiger charge is -2.09. The molecular weight excluding hydrogens is 310 g/mol. The molecule has 0 fully saturated rings. The van der Waals surface area contributed by atoms with E-state index in [0.29, 0.717) is 29.0 Å². The maximum atomic E-state index is 12.3. The fourth-order valence-corrected chi connectivity index (χ4v) is 2.67. The molecule has 6 heteroatoms. The fraction of sp³-hybridized carbons (Fsp3) is 0.471. The van der Waals surface area contributed by atoms with Crippen LogP contribution in [0.25, 0.3) is 0 Å². The highest BCUT2D eigenvalue weighted by Gasteiger charge is 2.11. The van der Waals surface area contributed by atoms with E-state index in [9.17, 15) is 4.79 Å². The first kappa shape index (κ1) is 17.4. The van der Waals surface area contributed by atoms with Crippen molar-refractivity contribution in [2.45, 2.75) is 40.0 Å². The Labute approximate surface area is 141 Å². The van der Waals surface area contributed by atoms with Gasteiger partial charge in [0.1, 0.15) is 10.8 Å². The molecule has 2 rings (SSSR count). The zero-order valence-electron chi connectivity index (χ0n) is 13.8. The minimum atomic E-state index is -0.196. The van der Waals surface area contributed by atoms with E-state index in [1.54, 1.807) is 12.1 Å². The summed E-state index contributed by atoms with van der Waals surface area (Å²) in [6, 6.07) is 7.18. The van der Waals surface area contributed by atoms with Gasteiger partial charge in [0.05, 0.1) is 6.61 Å². The molecule has 0 atom stereocenters. The summed E-state index contributed by atoms with van der Waals surface area (Å²) in [6.07, 6.45) is 3.10. The Hall–Kier alpha value is -1.95. The van der Waals surface area contributed by atoms with Gasteiger partial charge in [-0.1, -0.05) is 44.6 Å². The number of nitrogens with zero attached hydrogens (tertiary/aromatic N) is 2. The molecular formula is C17H23N3O2S. The van der Waals surface area contributed by atoms with Gasteiger partial charge in [0, 0.05) is 12.0 Å². The highest BCUT2D eigenvalue weighted by Crippen LogP contribution is 2.19. The monoisotopic (exact) mass is 333 g/mol. The zero-order chi connectivity index (χ0) is 16.7. The van der Waals surface area contributed by atoms with Crippen molar-refractivity contribution in [1.29, 1.82) is 0 Å². The van der Waals surface area contributed by atoms with Crippen LogP contribution < -0.4 is 10.1 Å². The Kier molecular flexibility index (Phi) is 6.52. The number of nitrogens with one attached hydrogen (secondary N) is 1. The lowest BCUT2D eigenvalue weighted by atomic mass is 10.2. The van der Waals surface area contributed by atoms with Crippen LogP contribution in [-0.2, 0) is 6.42 Å². The summed E-state index contributed by atoms with van der Waals surface area (Å²) in [6.45, 7) is 6.94. The molecule has 0 radical (unpaired) electrons. The molecule has 0 spiro atoms. The molecule has 1 aromatic carbocycles. The number of aryl methyl sites for hydroxylation is 1. The number of carbonyl (C=O) groups excluding carboxylic acids is 1. The number of aromatic nitrogens is 2. The van der Waals surface area contributed by atoms with Gasteiger partial charge in [0.25, 0.3) is 5.91 Å². The SMILES string of the molecule is CCCCc1nnc(NC(=O)c2cccc(OCC(C)C)c2)s1. The third-order valence-electron chi connectivity index (χ3n) is 3.11. The number of ether oxygens (including phenoxy) is 1. The number of hydrogen-bond acceptors (Lipinski definition) is 5. The molecule has 0 aliphatic heterocycles. The second-order valence-corrected chi connectivity index (χ2v) is 6.85. The van der Waals surface area contributed by atoms with Crippen LogP contribution >= 0.6 is 11.3 Å². The minimum Gasteiger partial charge on any atom is -0.493 e. The highest BCUT2D eigenvalue weighted by molar-refractivity contribution is 7.15. The average Bonchev–Trinajstić information content (AvgIpc) is 2.98. The quantitative estimate of drug-likeness (QED) is 0.787. The lowest BCUT2D eigenvalue weighted by Crippen LogP contribution is -2.12. The van der Waals surface area contributed by atoms with Crippen LogP contribution in [0.4, 0.5) is 5.13 Å². The Balaban J connectivity index is 1.97. The number of unbranched alkanes of at least 4 members (excludes halogenated alkanes) is 1. The second-order valence-electron chi connectivity index (χ2n) is 5.79. The third kappa shape index (κ3) is 5.63. The van der Waals surface area contributed by atoms with Gasteiger partial charge in [-0.05, 0) is 30.5 Å². The molecule has 0 saturated heterocycles. The summed E-state index contributed by atoms with van der Waals surface area (Å²) in [7, 11) is 0. The summed E-state index contributed by atoms with van der Waals surface area (Å²) < 4.78 is 5.65. The Morgan fingerprint density at radius 2 is 2.17 bits per heavy atom. The molecule has 0 bridgehead atoms. The van der Waals surface area contributed by atoms with Crippen LogP contribution in [0.2, 0.25) is 0 Å². The predicted molar refractivity (Wildman–Crippen MR) is 93.2 cm³/mol. The summed E-state index contributed by atoms with van der Waals surface area (Å²) in [5.41, 5.74) is 0.552. The number of anilines is 1. The molecule has 1 N–H and O–H groups in total. The van der Waals surface area contributed by atoms with Crippen molar-refractivity contribution in [3.63, 3.8) is 0 Å². The highest BCUT2D eigenvalue weighted by atomic mass is 32.1. The number of carbonyl (C=O) groups is 1. The Bertz CT molecular complexity index is 640. The third-order valence-corrected chi connectivity index (χ3v) is 4.01. The van der Waals surface area contributed by atoms with Gasteiger partial charge in [-0.2, -0.15) is 0 Å². The van der Waals surface area contributed by atoms with Crippen molar-refractivity contribution in [3.8, 4) is 5.75 Å². The maximum Gasteiger partial charge on any atom is 0.257 e. The van der Waals surface area contributed by atoms with E-state index in [1.807, 2.05) is 12.1 Å². The Morgan fingerprint density at radius 3 is 2.91 bits per heavy atom. The number of rotatable bonds is 8. The van der Waals surface area contributed by atoms with Crippen molar-refractivity contribution in [2.24, 2.45) is 5.92 Å². The van der Waals surface area contributed by atoms with Gasteiger partial charge >= 0.3 is 0 Å². The predicted octanol–water partition coefficient (Wildman–Crippen LogP) is 4.17. The molecule has 1 amide bonds. The van der Waals surface area contributed by atoms with E-state index < -0.39 is 0 Å². The van der Waals surface area contributed by atoms with Gasteiger partial charge in [0.2, 0.25) is 5.13 Å². The molecule has 1 heterocycles. The van der Waals surface area contributed by atoms with E-state index in [1.165, 1.54) is 11.3 Å². The van der Waals surface area contributed by atoms with Crippen LogP contribution in [0.3, 0.4) is 0 Å². The molecule has 1 aromatic heterocycles. The normalized spacial score (nSPS) is 10.8. The summed E-state index contributed by atoms with van der Waals surface area (Å²) in [5, 5.41) is 12.4. The number of benzene rings is 1. The second kappa shape index (κ2) is 8.62. The topological polar surface area (TPSA) is 64.1 Å². The van der Waals surface area contributed by atoms with E-state index in [0.717, 1.165) is 24.3 Å². The minimum absolute atomic E-state index is 0.196. The molecule has 0 aliphatic carbocycles. The van der Waals surface area contributed by atoms with E-state index >= 15 is 0 Å². The first-order valence-electron chi connectivity index (χ1n) is 7.95. The van der Waals surface area contributed by atoms with E-state index in [4.69, 9.17) is 4.74 Å². The smallest absolute Gasteiger partial charge is 0.257 e. The van der Waals surface area contributed by atoms with Crippen molar-refractivity contribution < 1.29 is 9.53 Å². The van der Waals surface area contributed by atoms with Gasteiger partial charge in [-0.25, -0.2) is 0 Å². The average molecular weight is 333 g/mol. The Morgan fingerprint density at radius 1 is 1.35 bits per heavy atom. The van der Waals surface area contributed by atoms with Gasteiger partial charge in [-0.3, -0.25) is 10.1 Å². The molecule has 5 nitrogen and oxygen atoms in total. The van der Waals surface area contributed by atoms with Gasteiger partial charge < -0.3 is 4.74 Å². The summed E-state index contributed by atoms with van der Waals surface area (Å²) >= 11 is 1.43. The van der Waals surface area contributed by atoms with Crippen molar-refractivity contribution in [2.75, 3.05) is 11.9 Å². The van der Waals surface area contributed by atoms with Crippen molar-refractivity contribution in [3.05, 3.63) is 34.8 Å². The zero-order valence-corrected chi connectivity index (χ0v) is 14.7. The first-order valence-corrected chi connectivity index (χ1v) is 8.76. The van der Waals surface area contributed by atoms with Crippen LogP contribution in [0, 0.1) is 5.92 Å². The van der Waals surface area contributed by atoms with Crippen LogP contribution in [0.5, 0.6) is 5.75 Å². The van der Waals surface area contributed by atoms with Gasteiger partial charge in [0.15, 0.2) is 0 Å². The molecule has 0 unspecified atom stereocenters. The molecule has 2 aromatic rings. The fourth-order valence-electron chi connectivity index (χ4n) is 1.89. The van der Waals surface area contributed by atoms with Crippen LogP contribution in [0.1, 0.15) is 49.0 Å². The molecule has 124 valence electrons. The molecule has 23 heavy (non-hydrogen) atoms. The number of amides is 1. The van der Waals surface area contributed by atoms with Crippen LogP contribution in [0.15, 0.2) is 24.3 Å². The summed E-state index contributed by atoms with van der Waals surface area (Å²) in [5.74, 6) is 0.945. The number of hydrogen-bond donors (Lipinski definition) is 1. The molecule has 0 saturated carbocycles. The standard InChI is InChI=1S/C17H23N3O2S/c1-4-5-9-15-19-20-17(23-15)18-16(21)13-7-6-8-14(10-13)22-11-12(2)3/h6-8,10,12H,4-5,9,11H2,1-3H3,(H,18,20,21). The lowest BCUT2D eigenvalue weighted by molar-refractivity contribution is 0.102. The van der Waals surface area contributed by atoms with E-state index in [-0.39, 0.29) is 5.91 Å². The van der Waals surface area contributed by atoms with Gasteiger partial charge in [-0.15, -0.1) is 10.2 Å². The molecule has 0 aliphatic rings. The maximum absolute atomic E-state index is 12.3. The largest absolute Gasteiger partial charge is 0.493 e. The van der Waals surface area contributed by atoms with Crippen molar-refractivity contribution in [1.82, 2.24) is 10.2 Å².